The summed E-state index contributed by atoms with van der Waals surface area (Å²) in [7, 11) is 1.67. The average Bonchev–Trinajstić information content (AvgIpc) is 3.20. The van der Waals surface area contributed by atoms with Gasteiger partial charge >= 0.3 is 5.97 Å². The second kappa shape index (κ2) is 10.0. The molecule has 1 amide bonds. The summed E-state index contributed by atoms with van der Waals surface area (Å²) in [6, 6.07) is 4.83. The van der Waals surface area contributed by atoms with Gasteiger partial charge in [0, 0.05) is 24.5 Å². The molecular formula is C22H28N2O5S. The van der Waals surface area contributed by atoms with Crippen LogP contribution in [0.25, 0.3) is 11.3 Å². The molecule has 2 aromatic rings. The first kappa shape index (κ1) is 22.2. The average molecular weight is 433 g/mol. The van der Waals surface area contributed by atoms with Crippen LogP contribution in [0.4, 0.5) is 5.69 Å². The largest absolute Gasteiger partial charge is 0.482 e. The maximum absolute atomic E-state index is 12.6. The highest BCUT2D eigenvalue weighted by Gasteiger charge is 2.34. The third kappa shape index (κ3) is 5.17. The number of fused-ring (bicyclic) bond motifs is 1. The first-order valence-electron chi connectivity index (χ1n) is 10.1. The van der Waals surface area contributed by atoms with Crippen molar-refractivity contribution in [2.24, 2.45) is 5.92 Å². The fourth-order valence-corrected chi connectivity index (χ4v) is 3.91. The van der Waals surface area contributed by atoms with Crippen LogP contribution >= 0.6 is 11.3 Å². The molecule has 0 N–H and O–H groups in total. The first-order chi connectivity index (χ1) is 14.4. The second-order valence-electron chi connectivity index (χ2n) is 7.63. The summed E-state index contributed by atoms with van der Waals surface area (Å²) in [4.78, 5) is 31.3. The maximum Gasteiger partial charge on any atom is 0.328 e. The highest BCUT2D eigenvalue weighted by atomic mass is 32.1. The molecule has 30 heavy (non-hydrogen) atoms. The molecule has 1 aromatic carbocycles. The molecule has 2 heterocycles. The zero-order valence-corrected chi connectivity index (χ0v) is 18.7. The van der Waals surface area contributed by atoms with Gasteiger partial charge in [0.1, 0.15) is 11.8 Å². The van der Waals surface area contributed by atoms with E-state index < -0.39 is 12.0 Å². The Morgan fingerprint density at radius 3 is 2.83 bits per heavy atom. The minimum absolute atomic E-state index is 0.103. The number of rotatable bonds is 9. The Morgan fingerprint density at radius 2 is 2.10 bits per heavy atom. The predicted molar refractivity (Wildman–Crippen MR) is 116 cm³/mol. The molecule has 0 bridgehead atoms. The minimum Gasteiger partial charge on any atom is -0.482 e. The molecule has 0 saturated carbocycles. The number of carbonyl (C=O) groups is 2. The van der Waals surface area contributed by atoms with Gasteiger partial charge in [-0.05, 0) is 37.5 Å². The van der Waals surface area contributed by atoms with Crippen LogP contribution in [0.3, 0.4) is 0 Å². The fourth-order valence-electron chi connectivity index (χ4n) is 3.12. The van der Waals surface area contributed by atoms with Crippen LogP contribution in [0.15, 0.2) is 23.6 Å². The Kier molecular flexibility index (Phi) is 7.44. The van der Waals surface area contributed by atoms with Gasteiger partial charge in [-0.2, -0.15) is 0 Å². The van der Waals surface area contributed by atoms with E-state index in [1.807, 2.05) is 23.6 Å². The third-order valence-electron chi connectivity index (χ3n) is 4.87. The van der Waals surface area contributed by atoms with Crippen LogP contribution in [0.2, 0.25) is 0 Å². The number of anilines is 1. The zero-order valence-electron chi connectivity index (χ0n) is 17.8. The number of esters is 1. The van der Waals surface area contributed by atoms with Crippen LogP contribution < -0.4 is 9.64 Å². The van der Waals surface area contributed by atoms with Gasteiger partial charge in [0.05, 0.1) is 29.6 Å². The Bertz CT molecular complexity index is 895. The number of aromatic nitrogens is 1. The molecule has 8 heteroatoms. The van der Waals surface area contributed by atoms with Gasteiger partial charge in [0.15, 0.2) is 6.61 Å². The van der Waals surface area contributed by atoms with E-state index in [2.05, 4.69) is 18.8 Å². The van der Waals surface area contributed by atoms with Crippen molar-refractivity contribution in [1.29, 1.82) is 0 Å². The van der Waals surface area contributed by atoms with E-state index in [9.17, 15) is 9.59 Å². The van der Waals surface area contributed by atoms with Crippen molar-refractivity contribution < 1.29 is 23.8 Å². The van der Waals surface area contributed by atoms with Crippen LogP contribution in [-0.2, 0) is 25.5 Å². The van der Waals surface area contributed by atoms with Crippen molar-refractivity contribution in [2.45, 2.75) is 39.7 Å². The summed E-state index contributed by atoms with van der Waals surface area (Å²) in [5, 5.41) is 2.96. The molecule has 0 fully saturated rings. The van der Waals surface area contributed by atoms with Gasteiger partial charge in [0.25, 0.3) is 5.91 Å². The van der Waals surface area contributed by atoms with E-state index in [-0.39, 0.29) is 12.5 Å². The first-order valence-corrected chi connectivity index (χ1v) is 11.0. The van der Waals surface area contributed by atoms with Gasteiger partial charge in [0.2, 0.25) is 0 Å². The van der Waals surface area contributed by atoms with Crippen molar-refractivity contribution in [3.63, 3.8) is 0 Å². The Balaban J connectivity index is 1.82. The van der Waals surface area contributed by atoms with Crippen LogP contribution in [-0.4, -0.2) is 49.8 Å². The normalized spacial score (nSPS) is 14.4. The molecule has 0 saturated heterocycles. The van der Waals surface area contributed by atoms with Crippen LogP contribution in [0, 0.1) is 5.92 Å². The number of nitrogens with zero attached hydrogens (tertiary/aromatic N) is 2. The maximum atomic E-state index is 12.6. The van der Waals surface area contributed by atoms with E-state index in [0.717, 1.165) is 29.1 Å². The van der Waals surface area contributed by atoms with Crippen molar-refractivity contribution in [3.8, 4) is 17.0 Å². The molecule has 1 unspecified atom stereocenters. The van der Waals surface area contributed by atoms with Crippen molar-refractivity contribution >= 4 is 28.9 Å². The minimum atomic E-state index is -0.740. The summed E-state index contributed by atoms with van der Waals surface area (Å²) >= 11 is 1.57. The van der Waals surface area contributed by atoms with Gasteiger partial charge in [-0.3, -0.25) is 9.69 Å². The van der Waals surface area contributed by atoms with E-state index in [4.69, 9.17) is 14.2 Å². The Labute approximate surface area is 181 Å². The van der Waals surface area contributed by atoms with Gasteiger partial charge in [-0.1, -0.05) is 13.8 Å². The lowest BCUT2D eigenvalue weighted by Gasteiger charge is -2.33. The highest BCUT2D eigenvalue weighted by Crippen LogP contribution is 2.37. The molecule has 1 aromatic heterocycles. The molecule has 1 aliphatic rings. The summed E-state index contributed by atoms with van der Waals surface area (Å²) in [6.45, 7) is 6.68. The number of ether oxygens (including phenoxy) is 3. The zero-order chi connectivity index (χ0) is 21.7. The third-order valence-corrected chi connectivity index (χ3v) is 5.78. The van der Waals surface area contributed by atoms with E-state index >= 15 is 0 Å². The number of thiazole rings is 1. The lowest BCUT2D eigenvalue weighted by molar-refractivity contribution is -0.146. The van der Waals surface area contributed by atoms with Crippen molar-refractivity contribution in [3.05, 3.63) is 28.6 Å². The summed E-state index contributed by atoms with van der Waals surface area (Å²) < 4.78 is 16.1. The number of methoxy groups -OCH3 is 1. The number of amides is 1. The molecule has 1 aliphatic heterocycles. The SMILES string of the molecule is COCCc1nc(-c2ccc3c(c2)N(C(C)C(=O)OCCC(C)C)C(=O)CO3)cs1. The summed E-state index contributed by atoms with van der Waals surface area (Å²) in [6.07, 6.45) is 1.53. The molecule has 3 rings (SSSR count). The monoisotopic (exact) mass is 432 g/mol. The standard InChI is InChI=1S/C22H28N2O5S/c1-14(2)7-10-28-22(26)15(3)24-18-11-16(5-6-19(18)29-12-21(24)25)17-13-30-20(23-17)8-9-27-4/h5-6,11,13-15H,7-10,12H2,1-4H3. The molecule has 7 nitrogen and oxygen atoms in total. The van der Waals surface area contributed by atoms with Crippen molar-refractivity contribution in [2.75, 3.05) is 31.8 Å². The van der Waals surface area contributed by atoms with Crippen LogP contribution in [0.5, 0.6) is 5.75 Å². The molecule has 0 aliphatic carbocycles. The smallest absolute Gasteiger partial charge is 0.328 e. The summed E-state index contributed by atoms with van der Waals surface area (Å²) in [5.74, 6) is 0.313. The number of hydrogen-bond donors (Lipinski definition) is 0. The number of hydrogen-bond acceptors (Lipinski definition) is 7. The Hall–Kier alpha value is -2.45. The summed E-state index contributed by atoms with van der Waals surface area (Å²) in [5.41, 5.74) is 2.24. The molecule has 0 radical (unpaired) electrons. The quantitative estimate of drug-likeness (QED) is 0.562. The van der Waals surface area contributed by atoms with E-state index in [0.29, 0.717) is 30.6 Å². The van der Waals surface area contributed by atoms with Gasteiger partial charge in [-0.15, -0.1) is 11.3 Å². The second-order valence-corrected chi connectivity index (χ2v) is 8.57. The Morgan fingerprint density at radius 1 is 1.30 bits per heavy atom. The lowest BCUT2D eigenvalue weighted by Crippen LogP contribution is -2.48. The predicted octanol–water partition coefficient (Wildman–Crippen LogP) is 3.70. The fraction of sp³-hybridized carbons (Fsp3) is 0.500. The number of benzene rings is 1. The van der Waals surface area contributed by atoms with Gasteiger partial charge < -0.3 is 14.2 Å². The van der Waals surface area contributed by atoms with E-state index in [1.54, 1.807) is 25.4 Å². The van der Waals surface area contributed by atoms with Gasteiger partial charge in [-0.25, -0.2) is 9.78 Å². The molecule has 1 atom stereocenters. The molecule has 0 spiro atoms. The van der Waals surface area contributed by atoms with E-state index in [1.165, 1.54) is 4.90 Å². The molecular weight excluding hydrogens is 404 g/mol. The van der Waals surface area contributed by atoms with Crippen molar-refractivity contribution in [1.82, 2.24) is 4.98 Å². The molecule has 162 valence electrons. The topological polar surface area (TPSA) is 78.0 Å². The number of carbonyl (C=O) groups excluding carboxylic acids is 2. The lowest BCUT2D eigenvalue weighted by atomic mass is 10.1. The highest BCUT2D eigenvalue weighted by molar-refractivity contribution is 7.09. The van der Waals surface area contributed by atoms with Crippen LogP contribution in [0.1, 0.15) is 32.2 Å².